The quantitative estimate of drug-likeness (QED) is 0.333. The summed E-state index contributed by atoms with van der Waals surface area (Å²) in [4.78, 5) is 41.6. The van der Waals surface area contributed by atoms with E-state index in [1.54, 1.807) is 25.1 Å². The Hall–Kier alpha value is -4.15. The van der Waals surface area contributed by atoms with Crippen molar-refractivity contribution in [1.29, 1.82) is 0 Å². The molecule has 0 saturated heterocycles. The number of amides is 2. The lowest BCUT2D eigenvalue weighted by atomic mass is 9.99. The molecule has 7 nitrogen and oxygen atoms in total. The van der Waals surface area contributed by atoms with E-state index in [1.807, 2.05) is 0 Å². The molecule has 0 radical (unpaired) electrons. The molecular weight excluding hydrogens is 474 g/mol. The van der Waals surface area contributed by atoms with Gasteiger partial charge in [-0.2, -0.15) is 0 Å². The Bertz CT molecular complexity index is 1340. The van der Waals surface area contributed by atoms with Crippen LogP contribution in [-0.4, -0.2) is 37.4 Å². The summed E-state index contributed by atoms with van der Waals surface area (Å²) in [6.07, 6.45) is -3.44. The summed E-state index contributed by atoms with van der Waals surface area (Å²) in [5.74, 6) is -4.48. The number of hydrogen-bond acceptors (Lipinski definition) is 6. The molecule has 4 rings (SSSR count). The van der Waals surface area contributed by atoms with Crippen LogP contribution in [0.15, 0.2) is 42.5 Å². The van der Waals surface area contributed by atoms with Gasteiger partial charge in [0.2, 0.25) is 0 Å². The van der Waals surface area contributed by atoms with E-state index in [2.05, 4.69) is 4.94 Å². The van der Waals surface area contributed by atoms with Crippen molar-refractivity contribution >= 4 is 34.2 Å². The fraction of sp³-hybridized carbons (Fsp3) is 0.208. The Labute approximate surface area is 195 Å². The van der Waals surface area contributed by atoms with Crippen LogP contribution in [0.4, 0.5) is 23.4 Å². The van der Waals surface area contributed by atoms with Crippen molar-refractivity contribution in [2.75, 3.05) is 18.1 Å². The van der Waals surface area contributed by atoms with Crippen molar-refractivity contribution in [1.82, 2.24) is 0 Å². The number of rotatable bonds is 8. The van der Waals surface area contributed by atoms with E-state index in [0.29, 0.717) is 10.3 Å². The Balaban J connectivity index is 1.89. The summed E-state index contributed by atoms with van der Waals surface area (Å²) in [6.45, 7) is 0.727. The molecule has 1 heterocycles. The molecule has 3 aromatic rings. The molecule has 0 N–H and O–H groups in total. The third kappa shape index (κ3) is 4.25. The van der Waals surface area contributed by atoms with Crippen molar-refractivity contribution in [3.63, 3.8) is 0 Å². The van der Waals surface area contributed by atoms with Gasteiger partial charge >= 0.3 is 5.97 Å². The van der Waals surface area contributed by atoms with Gasteiger partial charge in [-0.1, -0.05) is 30.3 Å². The van der Waals surface area contributed by atoms with Crippen LogP contribution in [0, 0.1) is 5.82 Å². The number of halogens is 4. The number of ether oxygens (including phenoxy) is 2. The predicted molar refractivity (Wildman–Crippen MR) is 115 cm³/mol. The Kier molecular flexibility index (Phi) is 6.59. The molecule has 1 aliphatic heterocycles. The van der Waals surface area contributed by atoms with Gasteiger partial charge in [-0.25, -0.2) is 22.9 Å². The van der Waals surface area contributed by atoms with Crippen LogP contribution in [-0.2, 0) is 16.2 Å². The zero-order valence-corrected chi connectivity index (χ0v) is 18.1. The van der Waals surface area contributed by atoms with Gasteiger partial charge in [0.05, 0.1) is 29.8 Å². The lowest BCUT2D eigenvalue weighted by Gasteiger charge is -2.16. The smallest absolute Gasteiger partial charge is 0.353 e. The molecule has 0 fully saturated rings. The van der Waals surface area contributed by atoms with E-state index in [4.69, 9.17) is 9.47 Å². The highest BCUT2D eigenvalue weighted by Gasteiger charge is 2.44. The molecule has 182 valence electrons. The van der Waals surface area contributed by atoms with E-state index in [9.17, 15) is 32.1 Å². The molecule has 35 heavy (non-hydrogen) atoms. The summed E-state index contributed by atoms with van der Waals surface area (Å²) >= 11 is 0. The average molecular weight is 491 g/mol. The fourth-order valence-electron chi connectivity index (χ4n) is 3.94. The van der Waals surface area contributed by atoms with Crippen LogP contribution in [0.3, 0.4) is 0 Å². The van der Waals surface area contributed by atoms with Gasteiger partial charge in [0.1, 0.15) is 23.9 Å². The minimum Gasteiger partial charge on any atom is -0.492 e. The zero-order valence-electron chi connectivity index (χ0n) is 18.1. The topological polar surface area (TPSA) is 82.1 Å². The van der Waals surface area contributed by atoms with Crippen molar-refractivity contribution in [2.24, 2.45) is 0 Å². The zero-order chi connectivity index (χ0) is 25.3. The molecule has 0 bridgehead atoms. The van der Waals surface area contributed by atoms with Gasteiger partial charge in [0, 0.05) is 15.3 Å². The summed E-state index contributed by atoms with van der Waals surface area (Å²) < 4.78 is 63.9. The van der Waals surface area contributed by atoms with Gasteiger partial charge in [-0.05, 0) is 24.6 Å². The Morgan fingerprint density at radius 1 is 0.971 bits per heavy atom. The van der Waals surface area contributed by atoms with Crippen LogP contribution in [0.1, 0.15) is 33.2 Å². The summed E-state index contributed by atoms with van der Waals surface area (Å²) in [5, 5.41) is 0.611. The predicted octanol–water partition coefficient (Wildman–Crippen LogP) is 4.79. The van der Waals surface area contributed by atoms with Crippen molar-refractivity contribution in [3.05, 3.63) is 65.0 Å². The summed E-state index contributed by atoms with van der Waals surface area (Å²) in [7, 11) is 0. The van der Waals surface area contributed by atoms with Gasteiger partial charge in [0.25, 0.3) is 18.2 Å². The van der Waals surface area contributed by atoms with Crippen LogP contribution in [0.25, 0.3) is 10.8 Å². The van der Waals surface area contributed by atoms with Crippen LogP contribution >= 0.6 is 0 Å². The Morgan fingerprint density at radius 2 is 1.57 bits per heavy atom. The fourth-order valence-corrected chi connectivity index (χ4v) is 3.94. The molecule has 11 heteroatoms. The number of carbonyl (C=O) groups is 3. The first-order chi connectivity index (χ1) is 16.8. The van der Waals surface area contributed by atoms with Crippen molar-refractivity contribution in [2.45, 2.75) is 19.8 Å². The highest BCUT2D eigenvalue weighted by Crippen LogP contribution is 2.46. The maximum absolute atomic E-state index is 15.0. The monoisotopic (exact) mass is 491 g/mol. The second-order valence-electron chi connectivity index (χ2n) is 7.45. The molecule has 1 aliphatic rings. The number of hydrogen-bond donors (Lipinski definition) is 0. The largest absolute Gasteiger partial charge is 0.492 e. The second-order valence-corrected chi connectivity index (χ2v) is 7.45. The van der Waals surface area contributed by atoms with E-state index in [-0.39, 0.29) is 40.2 Å². The number of nitrogens with zero attached hydrogens (tertiary/aromatic N) is 1. The van der Waals surface area contributed by atoms with Gasteiger partial charge in [0.15, 0.2) is 0 Å². The standard InChI is InChI=1S/C24H17F4NO6/c1-2-33-21-13-5-3-4-6-14(13)22(34-11-17(26)27)20-19(21)23(31)29(24(20)32)16-8-7-12(9-15(16)25)10-18(30)35-28/h3-9,17H,2,10-11H2,1H3. The van der Waals surface area contributed by atoms with Crippen LogP contribution in [0.5, 0.6) is 11.5 Å². The third-order valence-electron chi connectivity index (χ3n) is 5.28. The van der Waals surface area contributed by atoms with Gasteiger partial charge in [-0.3, -0.25) is 14.5 Å². The molecule has 0 aromatic heterocycles. The molecule has 0 spiro atoms. The molecule has 0 aliphatic carbocycles. The maximum atomic E-state index is 15.0. The maximum Gasteiger partial charge on any atom is 0.353 e. The molecular formula is C24H17F4NO6. The first kappa shape index (κ1) is 24.0. The normalized spacial score (nSPS) is 12.9. The minimum absolute atomic E-state index is 0.0334. The van der Waals surface area contributed by atoms with Crippen LogP contribution in [0.2, 0.25) is 0 Å². The third-order valence-corrected chi connectivity index (χ3v) is 5.28. The lowest BCUT2D eigenvalue weighted by Crippen LogP contribution is -2.30. The molecule has 0 unspecified atom stereocenters. The minimum atomic E-state index is -2.86. The highest BCUT2D eigenvalue weighted by atomic mass is 19.3. The highest BCUT2D eigenvalue weighted by molar-refractivity contribution is 6.38. The first-order valence-corrected chi connectivity index (χ1v) is 10.4. The van der Waals surface area contributed by atoms with E-state index >= 15 is 0 Å². The molecule has 0 saturated carbocycles. The Morgan fingerprint density at radius 3 is 2.09 bits per heavy atom. The van der Waals surface area contributed by atoms with Gasteiger partial charge < -0.3 is 9.47 Å². The summed E-state index contributed by atoms with van der Waals surface area (Å²) in [6, 6.07) is 9.47. The van der Waals surface area contributed by atoms with Gasteiger partial charge in [-0.15, -0.1) is 0 Å². The summed E-state index contributed by atoms with van der Waals surface area (Å²) in [5.41, 5.74) is -1.00. The SMILES string of the molecule is CCOc1c2c(c(OCC(F)F)c3ccccc13)C(=O)N(c1ccc(CC(=O)OF)cc1F)C2=O. The van der Waals surface area contributed by atoms with E-state index in [0.717, 1.165) is 12.1 Å². The molecule has 2 amide bonds. The number of carbonyl (C=O) groups excluding carboxylic acids is 3. The number of fused-ring (bicyclic) bond motifs is 2. The van der Waals surface area contributed by atoms with E-state index < -0.39 is 48.7 Å². The van der Waals surface area contributed by atoms with Crippen molar-refractivity contribution < 1.29 is 46.5 Å². The average Bonchev–Trinajstić information content (AvgIpc) is 3.08. The van der Waals surface area contributed by atoms with E-state index in [1.165, 1.54) is 12.1 Å². The van der Waals surface area contributed by atoms with Crippen LogP contribution < -0.4 is 14.4 Å². The number of imide groups is 1. The second kappa shape index (κ2) is 9.61. The molecule has 0 atom stereocenters. The number of benzene rings is 3. The van der Waals surface area contributed by atoms with Crippen molar-refractivity contribution in [3.8, 4) is 11.5 Å². The molecule has 3 aromatic carbocycles. The number of alkyl halides is 2. The number of anilines is 1. The lowest BCUT2D eigenvalue weighted by molar-refractivity contribution is -0.182. The first-order valence-electron chi connectivity index (χ1n) is 10.4.